The Kier molecular flexibility index (Phi) is 11.2. The Morgan fingerprint density at radius 3 is 2.00 bits per heavy atom. The monoisotopic (exact) mass is 442 g/mol. The minimum absolute atomic E-state index is 0.245. The zero-order valence-electron chi connectivity index (χ0n) is 21.5. The summed E-state index contributed by atoms with van der Waals surface area (Å²) in [5, 5.41) is 0. The molecule has 0 spiro atoms. The fourth-order valence-corrected chi connectivity index (χ4v) is 3.49. The predicted octanol–water partition coefficient (Wildman–Crippen LogP) is 6.14. The van der Waals surface area contributed by atoms with Gasteiger partial charge in [0.05, 0.1) is 0 Å². The summed E-state index contributed by atoms with van der Waals surface area (Å²) in [6.45, 7) is 20.7. The molecule has 1 saturated heterocycles. The number of nitrogens with zero attached hydrogens (tertiary/aromatic N) is 4. The molecule has 0 aromatic rings. The fraction of sp³-hybridized carbons (Fsp3) is 0.577. The van der Waals surface area contributed by atoms with Gasteiger partial charge in [-0.2, -0.15) is 0 Å². The van der Waals surface area contributed by atoms with Gasteiger partial charge in [0.2, 0.25) is 0 Å². The Morgan fingerprint density at radius 1 is 0.938 bits per heavy atom. The predicted molar refractivity (Wildman–Crippen MR) is 136 cm³/mol. The Balaban J connectivity index is 3.25. The van der Waals surface area contributed by atoms with Gasteiger partial charge in [0.25, 0.3) is 0 Å². The van der Waals surface area contributed by atoms with Crippen molar-refractivity contribution in [1.29, 1.82) is 0 Å². The number of ether oxygens (including phenoxy) is 1. The Hall–Kier alpha value is -2.63. The summed E-state index contributed by atoms with van der Waals surface area (Å²) in [7, 11) is 0. The number of carbonyl (C=O) groups excluding carboxylic acids is 1. The van der Waals surface area contributed by atoms with E-state index in [2.05, 4.69) is 29.8 Å². The summed E-state index contributed by atoms with van der Waals surface area (Å²) in [6.07, 6.45) is 10.5. The Morgan fingerprint density at radius 2 is 1.50 bits per heavy atom. The van der Waals surface area contributed by atoms with E-state index < -0.39 is 5.60 Å². The minimum atomic E-state index is -0.485. The van der Waals surface area contributed by atoms with Gasteiger partial charge in [0.1, 0.15) is 5.60 Å². The van der Waals surface area contributed by atoms with E-state index in [1.807, 2.05) is 73.0 Å². The normalized spacial score (nSPS) is 18.0. The lowest BCUT2D eigenvalue weighted by Crippen LogP contribution is -2.49. The van der Waals surface area contributed by atoms with Gasteiger partial charge in [-0.3, -0.25) is 9.98 Å². The lowest BCUT2D eigenvalue weighted by atomic mass is 9.95. The van der Waals surface area contributed by atoms with Crippen molar-refractivity contribution in [1.82, 2.24) is 9.80 Å². The first-order valence-corrected chi connectivity index (χ1v) is 11.5. The molecule has 1 aliphatic heterocycles. The molecule has 0 bridgehead atoms. The van der Waals surface area contributed by atoms with Gasteiger partial charge in [-0.1, -0.05) is 25.2 Å². The summed E-state index contributed by atoms with van der Waals surface area (Å²) < 4.78 is 5.54. The minimum Gasteiger partial charge on any atom is -0.444 e. The lowest BCUT2D eigenvalue weighted by molar-refractivity contribution is 0.0168. The van der Waals surface area contributed by atoms with E-state index in [4.69, 9.17) is 9.73 Å². The third-order valence-electron chi connectivity index (χ3n) is 5.10. The highest BCUT2D eigenvalue weighted by Gasteiger charge is 2.27. The molecular formula is C26H42N4O2. The molecule has 0 aromatic heterocycles. The molecule has 0 atom stereocenters. The Bertz CT molecular complexity index is 815. The molecule has 1 heterocycles. The summed E-state index contributed by atoms with van der Waals surface area (Å²) >= 11 is 0. The number of hydrogen-bond donors (Lipinski definition) is 0. The van der Waals surface area contributed by atoms with Gasteiger partial charge in [-0.15, -0.1) is 0 Å². The molecule has 0 aliphatic carbocycles. The third-order valence-corrected chi connectivity index (χ3v) is 5.10. The van der Waals surface area contributed by atoms with Crippen molar-refractivity contribution in [2.45, 2.75) is 74.3 Å². The van der Waals surface area contributed by atoms with Crippen molar-refractivity contribution >= 4 is 17.5 Å². The number of aliphatic imine (C=N–C) groups is 2. The van der Waals surface area contributed by atoms with Gasteiger partial charge < -0.3 is 14.5 Å². The van der Waals surface area contributed by atoms with Gasteiger partial charge in [-0.25, -0.2) is 4.79 Å². The second kappa shape index (κ2) is 13.0. The molecular weight excluding hydrogens is 400 g/mol. The van der Waals surface area contributed by atoms with Crippen molar-refractivity contribution < 1.29 is 9.53 Å². The summed E-state index contributed by atoms with van der Waals surface area (Å²) in [5.74, 6) is 0. The SMILES string of the molecule is C\C=C/N=C(C)/C(=C/C)C(/C(C)=N/C=C/CC)=C(/C)N1CCN(C(=O)OC(C)(C)C)CC1. The molecule has 0 saturated carbocycles. The number of amides is 1. The highest BCUT2D eigenvalue weighted by atomic mass is 16.6. The van der Waals surface area contributed by atoms with Crippen LogP contribution in [0.1, 0.15) is 68.7 Å². The number of piperazine rings is 1. The van der Waals surface area contributed by atoms with Crippen molar-refractivity contribution in [2.24, 2.45) is 9.98 Å². The van der Waals surface area contributed by atoms with Gasteiger partial charge in [0.15, 0.2) is 0 Å². The molecule has 32 heavy (non-hydrogen) atoms. The molecule has 6 heteroatoms. The molecule has 178 valence electrons. The fourth-order valence-electron chi connectivity index (χ4n) is 3.49. The van der Waals surface area contributed by atoms with Crippen LogP contribution in [0.15, 0.2) is 57.5 Å². The average Bonchev–Trinajstić information content (AvgIpc) is 2.74. The maximum atomic E-state index is 12.4. The largest absolute Gasteiger partial charge is 0.444 e. The molecule has 1 amide bonds. The van der Waals surface area contributed by atoms with Crippen LogP contribution in [0.5, 0.6) is 0 Å². The van der Waals surface area contributed by atoms with E-state index >= 15 is 0 Å². The molecule has 0 radical (unpaired) electrons. The molecule has 1 aliphatic rings. The highest BCUT2D eigenvalue weighted by Crippen LogP contribution is 2.24. The first kappa shape index (κ1) is 27.4. The van der Waals surface area contributed by atoms with Crippen LogP contribution in [0.25, 0.3) is 0 Å². The van der Waals surface area contributed by atoms with E-state index in [-0.39, 0.29) is 6.09 Å². The van der Waals surface area contributed by atoms with Crippen LogP contribution < -0.4 is 0 Å². The summed E-state index contributed by atoms with van der Waals surface area (Å²) in [6, 6.07) is 0. The quantitative estimate of drug-likeness (QED) is 0.351. The highest BCUT2D eigenvalue weighted by molar-refractivity contribution is 6.15. The van der Waals surface area contributed by atoms with Crippen LogP contribution in [0.3, 0.4) is 0 Å². The number of hydrogen-bond acceptors (Lipinski definition) is 5. The average molecular weight is 443 g/mol. The van der Waals surface area contributed by atoms with Gasteiger partial charge in [-0.05, 0) is 61.8 Å². The maximum absolute atomic E-state index is 12.4. The third kappa shape index (κ3) is 8.48. The van der Waals surface area contributed by atoms with Crippen LogP contribution in [0.4, 0.5) is 4.79 Å². The smallest absolute Gasteiger partial charge is 0.410 e. The van der Waals surface area contributed by atoms with E-state index in [1.54, 1.807) is 4.90 Å². The van der Waals surface area contributed by atoms with Crippen LogP contribution in [0.2, 0.25) is 0 Å². The van der Waals surface area contributed by atoms with E-state index in [9.17, 15) is 4.79 Å². The van der Waals surface area contributed by atoms with Crippen LogP contribution in [0, 0.1) is 0 Å². The van der Waals surface area contributed by atoms with E-state index in [1.165, 1.54) is 0 Å². The number of carbonyl (C=O) groups is 1. The summed E-state index contributed by atoms with van der Waals surface area (Å²) in [5.41, 5.74) is 4.71. The molecule has 6 nitrogen and oxygen atoms in total. The lowest BCUT2D eigenvalue weighted by Gasteiger charge is -2.38. The van der Waals surface area contributed by atoms with Crippen molar-refractivity contribution in [3.8, 4) is 0 Å². The van der Waals surface area contributed by atoms with Crippen molar-refractivity contribution in [2.75, 3.05) is 26.2 Å². The zero-order chi connectivity index (χ0) is 24.3. The van der Waals surface area contributed by atoms with Crippen LogP contribution in [-0.2, 0) is 4.74 Å². The van der Waals surface area contributed by atoms with E-state index in [0.717, 1.165) is 47.8 Å². The van der Waals surface area contributed by atoms with Crippen LogP contribution in [-0.4, -0.2) is 59.1 Å². The van der Waals surface area contributed by atoms with Gasteiger partial charge >= 0.3 is 6.09 Å². The second-order valence-electron chi connectivity index (χ2n) is 8.82. The first-order valence-electron chi connectivity index (χ1n) is 11.5. The first-order chi connectivity index (χ1) is 15.1. The van der Waals surface area contributed by atoms with Crippen molar-refractivity contribution in [3.05, 3.63) is 47.5 Å². The zero-order valence-corrected chi connectivity index (χ0v) is 21.5. The number of rotatable bonds is 7. The molecule has 1 fully saturated rings. The summed E-state index contributed by atoms with van der Waals surface area (Å²) in [4.78, 5) is 25.8. The van der Waals surface area contributed by atoms with Crippen molar-refractivity contribution in [3.63, 3.8) is 0 Å². The second-order valence-corrected chi connectivity index (χ2v) is 8.82. The van der Waals surface area contributed by atoms with Crippen LogP contribution >= 0.6 is 0 Å². The maximum Gasteiger partial charge on any atom is 0.410 e. The standard InChI is InChI=1S/C26H42N4O2/c1-10-13-15-28-21(5)24(23(12-3)20(4)27-14-11-2)22(6)29-16-18-30(19-17-29)25(31)32-26(7,8)9/h11-15H,10,16-19H2,1-9H3/b14-11-,15-13+,23-12-,24-22-,27-20+,28-21+. The Labute approximate surface area is 195 Å². The molecule has 0 aromatic carbocycles. The number of allylic oxidation sites excluding steroid dienone is 6. The molecule has 0 N–H and O–H groups in total. The van der Waals surface area contributed by atoms with Gasteiger partial charge in [0, 0.05) is 66.8 Å². The molecule has 1 rings (SSSR count). The van der Waals surface area contributed by atoms with E-state index in [0.29, 0.717) is 13.1 Å². The molecule has 0 unspecified atom stereocenters. The topological polar surface area (TPSA) is 57.5 Å².